The van der Waals surface area contributed by atoms with Gasteiger partial charge in [0.05, 0.1) is 19.3 Å². The minimum absolute atomic E-state index is 0.00581. The molecule has 0 aromatic rings. The standard InChI is InChI=1S/C48H86NO11P/c1-3-5-7-9-11-13-15-17-18-19-20-21-22-24-26-28-30-32-34-38-47(52)60-44(41-58-61(55,56)59-42-45(49)48(53)54)40-57-46(51)39-35-37-43(50)36-33-31-29-27-25-23-16-14-12-10-8-6-4-2/h12,14,23,25,29,31,33,36,43-45,50H,3-11,13,15-22,24,26-28,30,32,34-35,37-42,49H2,1-2H3,(H,53,54)(H,55,56)/b14-12-,25-23-,31-29-,36-33+/t43-,44-,45+/m1/s1. The molecule has 0 aromatic carbocycles. The third kappa shape index (κ3) is 42.5. The molecule has 0 aliphatic heterocycles. The van der Waals surface area contributed by atoms with Crippen LogP contribution in [-0.4, -0.2) is 71.1 Å². The lowest BCUT2D eigenvalue weighted by molar-refractivity contribution is -0.161. The second kappa shape index (κ2) is 42.7. The molecule has 0 radical (unpaired) electrons. The molecule has 354 valence electrons. The van der Waals surface area contributed by atoms with Gasteiger partial charge in [0.25, 0.3) is 0 Å². The van der Waals surface area contributed by atoms with Crippen LogP contribution in [0.5, 0.6) is 0 Å². The molecule has 0 saturated carbocycles. The van der Waals surface area contributed by atoms with Gasteiger partial charge in [-0.25, -0.2) is 4.57 Å². The van der Waals surface area contributed by atoms with Crippen LogP contribution in [0.25, 0.3) is 0 Å². The fraction of sp³-hybridized carbons (Fsp3) is 0.771. The molecule has 13 heteroatoms. The summed E-state index contributed by atoms with van der Waals surface area (Å²) >= 11 is 0. The maximum atomic E-state index is 12.7. The van der Waals surface area contributed by atoms with Crippen LogP contribution in [0.2, 0.25) is 0 Å². The van der Waals surface area contributed by atoms with E-state index >= 15 is 0 Å². The zero-order valence-corrected chi connectivity index (χ0v) is 39.0. The van der Waals surface area contributed by atoms with Crippen molar-refractivity contribution in [3.63, 3.8) is 0 Å². The fourth-order valence-electron chi connectivity index (χ4n) is 6.40. The Morgan fingerprint density at radius 2 is 1.07 bits per heavy atom. The molecule has 0 heterocycles. The topological polar surface area (TPSA) is 192 Å². The number of carboxylic acid groups (broad SMARTS) is 1. The Hall–Kier alpha value is -2.60. The van der Waals surface area contributed by atoms with Crippen LogP contribution in [0.3, 0.4) is 0 Å². The lowest BCUT2D eigenvalue weighted by Gasteiger charge is -2.20. The molecule has 0 saturated heterocycles. The molecular formula is C48H86NO11P. The van der Waals surface area contributed by atoms with Crippen molar-refractivity contribution >= 4 is 25.7 Å². The first kappa shape index (κ1) is 58.4. The largest absolute Gasteiger partial charge is 0.480 e. The smallest absolute Gasteiger partial charge is 0.472 e. The first-order valence-corrected chi connectivity index (χ1v) is 25.3. The van der Waals surface area contributed by atoms with Gasteiger partial charge in [0.15, 0.2) is 6.10 Å². The van der Waals surface area contributed by atoms with Crippen LogP contribution in [0.1, 0.15) is 200 Å². The molecule has 0 bridgehead atoms. The highest BCUT2D eigenvalue weighted by molar-refractivity contribution is 7.47. The van der Waals surface area contributed by atoms with E-state index < -0.39 is 63.8 Å². The van der Waals surface area contributed by atoms with Crippen LogP contribution >= 0.6 is 7.82 Å². The van der Waals surface area contributed by atoms with Crippen molar-refractivity contribution in [2.75, 3.05) is 19.8 Å². The van der Waals surface area contributed by atoms with Gasteiger partial charge in [0.1, 0.15) is 12.6 Å². The number of aliphatic carboxylic acids is 1. The van der Waals surface area contributed by atoms with E-state index in [0.717, 1.165) is 38.5 Å². The third-order valence-corrected chi connectivity index (χ3v) is 11.1. The van der Waals surface area contributed by atoms with Crippen LogP contribution < -0.4 is 5.73 Å². The van der Waals surface area contributed by atoms with Crippen molar-refractivity contribution in [3.8, 4) is 0 Å². The van der Waals surface area contributed by atoms with E-state index in [-0.39, 0.29) is 12.8 Å². The highest BCUT2D eigenvalue weighted by Gasteiger charge is 2.28. The van der Waals surface area contributed by atoms with Gasteiger partial charge >= 0.3 is 25.7 Å². The van der Waals surface area contributed by atoms with Gasteiger partial charge in [0.2, 0.25) is 0 Å². The van der Waals surface area contributed by atoms with E-state index in [1.165, 1.54) is 116 Å². The minimum atomic E-state index is -4.76. The predicted octanol–water partition coefficient (Wildman–Crippen LogP) is 11.9. The molecule has 0 aliphatic rings. The summed E-state index contributed by atoms with van der Waals surface area (Å²) in [6, 6.07) is -1.55. The quantitative estimate of drug-likeness (QED) is 0.0149. The van der Waals surface area contributed by atoms with Gasteiger partial charge in [-0.1, -0.05) is 191 Å². The van der Waals surface area contributed by atoms with Crippen molar-refractivity contribution < 1.29 is 52.6 Å². The van der Waals surface area contributed by atoms with Crippen molar-refractivity contribution in [1.82, 2.24) is 0 Å². The predicted molar refractivity (Wildman–Crippen MR) is 246 cm³/mol. The normalized spacial score (nSPS) is 14.6. The number of ether oxygens (including phenoxy) is 2. The number of hydrogen-bond acceptors (Lipinski definition) is 10. The molecular weight excluding hydrogens is 797 g/mol. The van der Waals surface area contributed by atoms with Crippen molar-refractivity contribution in [3.05, 3.63) is 48.6 Å². The molecule has 0 amide bonds. The zero-order valence-electron chi connectivity index (χ0n) is 38.1. The molecule has 0 fully saturated rings. The summed E-state index contributed by atoms with van der Waals surface area (Å²) < 4.78 is 32.6. The number of carbonyl (C=O) groups is 3. The maximum absolute atomic E-state index is 12.7. The van der Waals surface area contributed by atoms with E-state index in [9.17, 15) is 28.9 Å². The van der Waals surface area contributed by atoms with Crippen LogP contribution in [0.15, 0.2) is 48.6 Å². The summed E-state index contributed by atoms with van der Waals surface area (Å²) in [7, 11) is -4.76. The monoisotopic (exact) mass is 884 g/mol. The SMILES string of the molecule is CCCCC/C=C\C/C=C\C/C=C\C=C\[C@@H](O)CCCC(=O)OC[C@H](COP(=O)(O)OC[C@H](N)C(=O)O)OC(=O)CCCCCCCCCCCCCCCCCCCCC. The average Bonchev–Trinajstić information content (AvgIpc) is 3.23. The number of esters is 2. The number of aliphatic hydroxyl groups excluding tert-OH is 1. The van der Waals surface area contributed by atoms with E-state index in [1.807, 2.05) is 12.2 Å². The summed E-state index contributed by atoms with van der Waals surface area (Å²) in [6.07, 6.45) is 44.9. The Labute approximate surface area is 369 Å². The lowest BCUT2D eigenvalue weighted by atomic mass is 10.0. The maximum Gasteiger partial charge on any atom is 0.472 e. The highest BCUT2D eigenvalue weighted by atomic mass is 31.2. The Balaban J connectivity index is 4.46. The number of carbonyl (C=O) groups excluding carboxylic acids is 2. The number of allylic oxidation sites excluding steroid dienone is 7. The van der Waals surface area contributed by atoms with Crippen molar-refractivity contribution in [1.29, 1.82) is 0 Å². The van der Waals surface area contributed by atoms with Gasteiger partial charge in [-0.15, -0.1) is 0 Å². The molecule has 0 aliphatic carbocycles. The number of carboxylic acids is 1. The highest BCUT2D eigenvalue weighted by Crippen LogP contribution is 2.43. The number of rotatable bonds is 44. The third-order valence-electron chi connectivity index (χ3n) is 10.2. The number of phosphoric acid groups is 1. The van der Waals surface area contributed by atoms with E-state index in [0.29, 0.717) is 19.3 Å². The van der Waals surface area contributed by atoms with Crippen molar-refractivity contribution in [2.24, 2.45) is 5.73 Å². The van der Waals surface area contributed by atoms with Gasteiger partial charge in [-0.2, -0.15) is 0 Å². The zero-order chi connectivity index (χ0) is 45.1. The first-order chi connectivity index (χ1) is 29.5. The number of aliphatic hydroxyl groups is 1. The molecule has 12 nitrogen and oxygen atoms in total. The summed E-state index contributed by atoms with van der Waals surface area (Å²) in [5.74, 6) is -2.60. The number of unbranched alkanes of at least 4 members (excludes halogenated alkanes) is 21. The van der Waals surface area contributed by atoms with Crippen LogP contribution in [0, 0.1) is 0 Å². The summed E-state index contributed by atoms with van der Waals surface area (Å²) in [6.45, 7) is 2.60. The van der Waals surface area contributed by atoms with Gasteiger partial charge in [-0.05, 0) is 44.9 Å². The average molecular weight is 884 g/mol. The summed E-state index contributed by atoms with van der Waals surface area (Å²) in [4.78, 5) is 46.1. The summed E-state index contributed by atoms with van der Waals surface area (Å²) in [5, 5.41) is 19.2. The number of nitrogens with two attached hydrogens (primary N) is 1. The summed E-state index contributed by atoms with van der Waals surface area (Å²) in [5.41, 5.74) is 5.33. The second-order valence-electron chi connectivity index (χ2n) is 16.1. The Bertz CT molecular complexity index is 1240. The van der Waals surface area contributed by atoms with Gasteiger partial charge < -0.3 is 30.3 Å². The molecule has 0 spiro atoms. The van der Waals surface area contributed by atoms with Crippen LogP contribution in [-0.2, 0) is 37.5 Å². The molecule has 5 N–H and O–H groups in total. The molecule has 4 atom stereocenters. The van der Waals surface area contributed by atoms with Crippen molar-refractivity contribution in [2.45, 2.75) is 218 Å². The van der Waals surface area contributed by atoms with Gasteiger partial charge in [0, 0.05) is 12.8 Å². The van der Waals surface area contributed by atoms with Crippen LogP contribution in [0.4, 0.5) is 0 Å². The van der Waals surface area contributed by atoms with E-state index in [2.05, 4.69) is 42.7 Å². The molecule has 0 aromatic heterocycles. The minimum Gasteiger partial charge on any atom is -0.480 e. The Morgan fingerprint density at radius 3 is 1.62 bits per heavy atom. The lowest BCUT2D eigenvalue weighted by Crippen LogP contribution is -2.34. The number of phosphoric ester groups is 1. The van der Waals surface area contributed by atoms with E-state index in [4.69, 9.17) is 24.8 Å². The Morgan fingerprint density at radius 1 is 0.590 bits per heavy atom. The molecule has 1 unspecified atom stereocenters. The number of hydrogen-bond donors (Lipinski definition) is 4. The Kier molecular flexibility index (Phi) is 40.9. The second-order valence-corrected chi connectivity index (χ2v) is 17.5. The van der Waals surface area contributed by atoms with E-state index in [1.54, 1.807) is 12.2 Å². The molecule has 0 rings (SSSR count). The van der Waals surface area contributed by atoms with Gasteiger partial charge in [-0.3, -0.25) is 23.4 Å². The first-order valence-electron chi connectivity index (χ1n) is 23.8. The fourth-order valence-corrected chi connectivity index (χ4v) is 7.18. The molecule has 61 heavy (non-hydrogen) atoms.